The number of benzene rings is 8. The van der Waals surface area contributed by atoms with Gasteiger partial charge in [0.25, 0.3) is 0 Å². The second-order valence-corrected chi connectivity index (χ2v) is 16.0. The zero-order valence-corrected chi connectivity index (χ0v) is 32.1. The van der Waals surface area contributed by atoms with Crippen LogP contribution in [0.3, 0.4) is 0 Å². The molecule has 0 saturated carbocycles. The van der Waals surface area contributed by atoms with E-state index in [1.54, 1.807) is 0 Å². The molecule has 2 aliphatic heterocycles. The number of aliphatic imine (C=N–C) groups is 1. The minimum atomic E-state index is -0.700. The van der Waals surface area contributed by atoms with Crippen molar-refractivity contribution in [3.05, 3.63) is 228 Å². The molecule has 0 amide bonds. The summed E-state index contributed by atoms with van der Waals surface area (Å²) in [6.07, 6.45) is 8.27. The molecule has 2 unspecified atom stereocenters. The van der Waals surface area contributed by atoms with Crippen LogP contribution in [0.2, 0.25) is 0 Å². The van der Waals surface area contributed by atoms with E-state index in [4.69, 9.17) is 9.98 Å². The van der Waals surface area contributed by atoms with E-state index < -0.39 is 5.41 Å². The Labute approximate surface area is 341 Å². The first-order valence-electron chi connectivity index (χ1n) is 20.5. The lowest BCUT2D eigenvalue weighted by Gasteiger charge is -2.37. The summed E-state index contributed by atoms with van der Waals surface area (Å²) in [6.45, 7) is 0. The van der Waals surface area contributed by atoms with Crippen LogP contribution in [0.15, 0.2) is 205 Å². The van der Waals surface area contributed by atoms with E-state index in [-0.39, 0.29) is 12.1 Å². The van der Waals surface area contributed by atoms with Crippen LogP contribution in [0.25, 0.3) is 60.3 Å². The number of dihydropyridines is 1. The molecule has 0 fully saturated rings. The summed E-state index contributed by atoms with van der Waals surface area (Å²) in [5.41, 5.74) is 14.9. The van der Waals surface area contributed by atoms with Crippen molar-refractivity contribution >= 4 is 61.1 Å². The van der Waals surface area contributed by atoms with Crippen LogP contribution in [0.5, 0.6) is 0 Å². The molecule has 1 aliphatic carbocycles. The molecule has 0 saturated heterocycles. The average molecular weight is 753 g/mol. The number of hydrogen-bond donors (Lipinski definition) is 0. The van der Waals surface area contributed by atoms with Crippen LogP contribution in [0, 0.1) is 0 Å². The van der Waals surface area contributed by atoms with E-state index >= 15 is 0 Å². The van der Waals surface area contributed by atoms with Crippen molar-refractivity contribution in [2.45, 2.75) is 17.5 Å². The number of hydrogen-bond acceptors (Lipinski definition) is 3. The average Bonchev–Trinajstić information content (AvgIpc) is 3.92. The number of nitrogens with zero attached hydrogens (tertiary/aromatic N) is 4. The van der Waals surface area contributed by atoms with Crippen LogP contribution in [-0.2, 0) is 5.41 Å². The monoisotopic (exact) mass is 752 g/mol. The maximum atomic E-state index is 5.02. The van der Waals surface area contributed by atoms with Gasteiger partial charge in [-0.15, -0.1) is 0 Å². The normalized spacial score (nSPS) is 17.1. The Hall–Kier alpha value is -7.56. The fraction of sp³-hybridized carbons (Fsp3) is 0.0545. The molecule has 0 N–H and O–H groups in total. The number of rotatable bonds is 4. The lowest BCUT2D eigenvalue weighted by molar-refractivity contribution is 0.666. The molecule has 8 aromatic carbocycles. The Balaban J connectivity index is 1.18. The van der Waals surface area contributed by atoms with E-state index in [0.717, 1.165) is 33.3 Å². The molecule has 2 aromatic heterocycles. The van der Waals surface area contributed by atoms with Crippen LogP contribution >= 0.6 is 0 Å². The van der Waals surface area contributed by atoms with Crippen molar-refractivity contribution in [2.75, 3.05) is 4.90 Å². The maximum absolute atomic E-state index is 5.02. The number of para-hydroxylation sites is 2. The number of aromatic nitrogens is 2. The third kappa shape index (κ3) is 4.38. The van der Waals surface area contributed by atoms with Gasteiger partial charge >= 0.3 is 0 Å². The standard InChI is InChI=1S/C55H36N4/c1-3-17-39-35(13-1)15-9-21-45(39)55(46-22-10-16-36-14-2-4-18-40(36)46)47-33-37(58-49-23-7-5-19-43(49)53-51(58)25-11-31-56-53)27-29-41(47)42-30-28-38(34-48(42)55)59-50-24-8-6-20-44(50)54-52(59)26-12-32-57-54/h1-34,51,53H. The van der Waals surface area contributed by atoms with Crippen molar-refractivity contribution in [2.24, 2.45) is 4.99 Å². The van der Waals surface area contributed by atoms with Crippen molar-refractivity contribution < 1.29 is 0 Å². The van der Waals surface area contributed by atoms with Gasteiger partial charge in [0.05, 0.1) is 28.0 Å². The Morgan fingerprint density at radius 1 is 0.492 bits per heavy atom. The molecule has 0 radical (unpaired) electrons. The highest BCUT2D eigenvalue weighted by Crippen LogP contribution is 2.60. The van der Waals surface area contributed by atoms with Gasteiger partial charge in [0.15, 0.2) is 0 Å². The van der Waals surface area contributed by atoms with Gasteiger partial charge < -0.3 is 9.47 Å². The van der Waals surface area contributed by atoms with Crippen LogP contribution in [0.1, 0.15) is 33.9 Å². The van der Waals surface area contributed by atoms with E-state index in [1.807, 2.05) is 18.5 Å². The largest absolute Gasteiger partial charge is 0.332 e. The first-order valence-corrected chi connectivity index (χ1v) is 20.5. The Bertz CT molecular complexity index is 3300. The fourth-order valence-corrected chi connectivity index (χ4v) is 10.9. The number of fused-ring (bicyclic) bond motifs is 11. The van der Waals surface area contributed by atoms with Crippen molar-refractivity contribution in [1.82, 2.24) is 9.55 Å². The molecule has 2 atom stereocenters. The van der Waals surface area contributed by atoms with Crippen LogP contribution in [0.4, 0.5) is 11.4 Å². The summed E-state index contributed by atoms with van der Waals surface area (Å²) in [5.74, 6) is 0. The summed E-state index contributed by atoms with van der Waals surface area (Å²) in [7, 11) is 0. The van der Waals surface area contributed by atoms with Gasteiger partial charge in [-0.3, -0.25) is 9.98 Å². The van der Waals surface area contributed by atoms with Gasteiger partial charge in [-0.1, -0.05) is 140 Å². The Morgan fingerprint density at radius 2 is 1.10 bits per heavy atom. The molecule has 13 rings (SSSR count). The van der Waals surface area contributed by atoms with E-state index in [9.17, 15) is 0 Å². The molecule has 4 heteroatoms. The highest BCUT2D eigenvalue weighted by Gasteiger charge is 2.49. The molecule has 0 spiro atoms. The smallest absolute Gasteiger partial charge is 0.101 e. The predicted molar refractivity (Wildman–Crippen MR) is 244 cm³/mol. The van der Waals surface area contributed by atoms with Gasteiger partial charge in [-0.05, 0) is 110 Å². The third-order valence-corrected chi connectivity index (χ3v) is 13.2. The molecule has 3 aliphatic rings. The van der Waals surface area contributed by atoms with Crippen LogP contribution in [-0.4, -0.2) is 21.8 Å². The predicted octanol–water partition coefficient (Wildman–Crippen LogP) is 13.1. The summed E-state index contributed by atoms with van der Waals surface area (Å²) >= 11 is 0. The minimum absolute atomic E-state index is 0.0470. The molecular formula is C55H36N4. The SMILES string of the molecule is C1=CC2C(N=C1)c1ccccc1N2c1ccc2c(c1)C(c1cccc3ccccc13)(c1cccc3ccccc13)c1cc(-n3c4ccccc4c4ncccc43)ccc1-2. The highest BCUT2D eigenvalue weighted by atomic mass is 15.2. The van der Waals surface area contributed by atoms with Gasteiger partial charge in [-0.2, -0.15) is 0 Å². The summed E-state index contributed by atoms with van der Waals surface area (Å²) in [5, 5.41) is 6.09. The first kappa shape index (κ1) is 32.5. The zero-order valence-electron chi connectivity index (χ0n) is 32.1. The van der Waals surface area contributed by atoms with Crippen molar-refractivity contribution in [1.29, 1.82) is 0 Å². The zero-order chi connectivity index (χ0) is 38.7. The number of allylic oxidation sites excluding steroid dienone is 1. The molecule has 276 valence electrons. The summed E-state index contributed by atoms with van der Waals surface area (Å²) in [6, 6.07) is 67.8. The molecule has 10 aromatic rings. The van der Waals surface area contributed by atoms with Crippen molar-refractivity contribution in [3.8, 4) is 16.8 Å². The maximum Gasteiger partial charge on any atom is 0.101 e. The lowest BCUT2D eigenvalue weighted by Crippen LogP contribution is -2.31. The van der Waals surface area contributed by atoms with Crippen LogP contribution < -0.4 is 4.90 Å². The van der Waals surface area contributed by atoms with Gasteiger partial charge in [0.1, 0.15) is 6.04 Å². The van der Waals surface area contributed by atoms with E-state index in [0.29, 0.717) is 0 Å². The molecule has 59 heavy (non-hydrogen) atoms. The summed E-state index contributed by atoms with van der Waals surface area (Å²) in [4.78, 5) is 12.4. The summed E-state index contributed by atoms with van der Waals surface area (Å²) < 4.78 is 2.40. The molecule has 4 heterocycles. The Morgan fingerprint density at radius 3 is 1.86 bits per heavy atom. The quantitative estimate of drug-likeness (QED) is 0.179. The molecular weight excluding hydrogens is 717 g/mol. The minimum Gasteiger partial charge on any atom is -0.332 e. The van der Waals surface area contributed by atoms with Gasteiger partial charge in [0.2, 0.25) is 0 Å². The van der Waals surface area contributed by atoms with E-state index in [2.05, 4.69) is 198 Å². The van der Waals surface area contributed by atoms with E-state index in [1.165, 1.54) is 66.2 Å². The topological polar surface area (TPSA) is 33.4 Å². The lowest BCUT2D eigenvalue weighted by atomic mass is 9.65. The van der Waals surface area contributed by atoms with Gasteiger partial charge in [-0.25, -0.2) is 0 Å². The van der Waals surface area contributed by atoms with Crippen molar-refractivity contribution in [3.63, 3.8) is 0 Å². The second kappa shape index (κ2) is 12.2. The fourth-order valence-electron chi connectivity index (χ4n) is 10.9. The Kier molecular flexibility index (Phi) is 6.74. The third-order valence-electron chi connectivity index (χ3n) is 13.2. The van der Waals surface area contributed by atoms with Gasteiger partial charge in [0, 0.05) is 40.4 Å². The molecule has 0 bridgehead atoms. The number of anilines is 2. The second-order valence-electron chi connectivity index (χ2n) is 16.0. The first-order chi connectivity index (χ1) is 29.3. The molecule has 4 nitrogen and oxygen atoms in total. The number of pyridine rings is 1. The highest BCUT2D eigenvalue weighted by molar-refractivity contribution is 6.07.